The molecular formula is C25H26N2O4S. The molecule has 1 aliphatic rings. The summed E-state index contributed by atoms with van der Waals surface area (Å²) in [6.45, 7) is 0. The summed E-state index contributed by atoms with van der Waals surface area (Å²) in [5.41, 5.74) is 10.7. The second kappa shape index (κ2) is 9.08. The Balaban J connectivity index is 0.000000438. The SMILES string of the molecule is CN(C)c1cc[n+]2cc3c(c(-c4ccccc4)c2c1)-c1ccccc1C3.CS(=O)(=O)[O-].O. The van der Waals surface area contributed by atoms with E-state index in [4.69, 9.17) is 13.0 Å². The van der Waals surface area contributed by atoms with Crippen LogP contribution in [-0.2, 0) is 16.5 Å². The zero-order chi connectivity index (χ0) is 22.2. The molecule has 0 saturated heterocycles. The van der Waals surface area contributed by atoms with Gasteiger partial charge in [0.1, 0.15) is 0 Å². The Bertz CT molecular complexity index is 1360. The first kappa shape index (κ1) is 23.4. The Kier molecular flexibility index (Phi) is 6.64. The Hall–Kier alpha value is -3.26. The summed E-state index contributed by atoms with van der Waals surface area (Å²) in [4.78, 5) is 2.16. The van der Waals surface area contributed by atoms with Gasteiger partial charge in [0.2, 0.25) is 5.52 Å². The lowest BCUT2D eigenvalue weighted by Crippen LogP contribution is -2.24. The van der Waals surface area contributed by atoms with Crippen LogP contribution in [-0.4, -0.2) is 38.8 Å². The van der Waals surface area contributed by atoms with Gasteiger partial charge in [-0.2, -0.15) is 4.40 Å². The summed E-state index contributed by atoms with van der Waals surface area (Å²) in [6, 6.07) is 24.1. The molecule has 7 heteroatoms. The number of hydrogen-bond donors (Lipinski definition) is 0. The van der Waals surface area contributed by atoms with Crippen LogP contribution in [0.15, 0.2) is 79.1 Å². The van der Waals surface area contributed by atoms with Crippen molar-refractivity contribution in [3.8, 4) is 22.3 Å². The summed E-state index contributed by atoms with van der Waals surface area (Å²) in [6.07, 6.45) is 6.09. The van der Waals surface area contributed by atoms with Crippen LogP contribution in [0.2, 0.25) is 0 Å². The maximum absolute atomic E-state index is 9.08. The van der Waals surface area contributed by atoms with Gasteiger partial charge in [0.15, 0.2) is 12.4 Å². The predicted molar refractivity (Wildman–Crippen MR) is 127 cm³/mol. The Morgan fingerprint density at radius 1 is 0.906 bits per heavy atom. The van der Waals surface area contributed by atoms with Crippen molar-refractivity contribution in [1.82, 2.24) is 0 Å². The highest BCUT2D eigenvalue weighted by Crippen LogP contribution is 2.43. The average molecular weight is 451 g/mol. The van der Waals surface area contributed by atoms with Crippen molar-refractivity contribution in [3.63, 3.8) is 0 Å². The summed E-state index contributed by atoms with van der Waals surface area (Å²) in [5, 5.41) is 0. The molecule has 0 spiro atoms. The standard InChI is InChI=1S/C24H21N2.CH4O3S.H2O/c1-25(2)20-12-13-26-16-19-14-18-10-6-7-11-21(18)23(19)24(22(26)15-20)17-8-4-3-5-9-17;1-5(2,3)4;/h3-13,15-16H,14H2,1-2H3;1H3,(H,2,3,4);1H2/q+1;;/p-1. The van der Waals surface area contributed by atoms with E-state index in [1.165, 1.54) is 44.6 Å². The molecule has 2 N–H and O–H groups in total. The van der Waals surface area contributed by atoms with E-state index in [-0.39, 0.29) is 5.48 Å². The van der Waals surface area contributed by atoms with Crippen LogP contribution in [0.1, 0.15) is 11.1 Å². The summed E-state index contributed by atoms with van der Waals surface area (Å²) in [7, 11) is 0.271. The minimum absolute atomic E-state index is 0. The van der Waals surface area contributed by atoms with E-state index >= 15 is 0 Å². The molecule has 2 aromatic heterocycles. The van der Waals surface area contributed by atoms with Crippen molar-refractivity contribution < 1.29 is 22.8 Å². The van der Waals surface area contributed by atoms with Gasteiger partial charge in [-0.3, -0.25) is 0 Å². The molecule has 166 valence electrons. The highest BCUT2D eigenvalue weighted by atomic mass is 32.2. The molecule has 0 fully saturated rings. The maximum atomic E-state index is 9.08. The van der Waals surface area contributed by atoms with Crippen LogP contribution in [0.25, 0.3) is 27.8 Å². The molecule has 6 nitrogen and oxygen atoms in total. The molecule has 1 aliphatic carbocycles. The molecular weight excluding hydrogens is 424 g/mol. The zero-order valence-electron chi connectivity index (χ0n) is 18.2. The third kappa shape index (κ3) is 4.80. The number of hydrogen-bond acceptors (Lipinski definition) is 4. The summed E-state index contributed by atoms with van der Waals surface area (Å²) >= 11 is 0. The van der Waals surface area contributed by atoms with Gasteiger partial charge in [0.25, 0.3) is 0 Å². The largest absolute Gasteiger partial charge is 0.748 e. The monoisotopic (exact) mass is 450 g/mol. The van der Waals surface area contributed by atoms with Crippen molar-refractivity contribution >= 4 is 21.3 Å². The van der Waals surface area contributed by atoms with Gasteiger partial charge in [0, 0.05) is 55.7 Å². The van der Waals surface area contributed by atoms with Gasteiger partial charge < -0.3 is 14.9 Å². The first-order chi connectivity index (χ1) is 14.7. The first-order valence-electron chi connectivity index (χ1n) is 9.95. The molecule has 32 heavy (non-hydrogen) atoms. The zero-order valence-corrected chi connectivity index (χ0v) is 19.1. The summed E-state index contributed by atoms with van der Waals surface area (Å²) in [5.74, 6) is 0. The predicted octanol–water partition coefficient (Wildman–Crippen LogP) is 3.07. The molecule has 2 aromatic carbocycles. The number of aromatic nitrogens is 1. The Labute approximate surface area is 188 Å². The molecule has 0 aliphatic heterocycles. The molecule has 0 bridgehead atoms. The van der Waals surface area contributed by atoms with E-state index in [1.54, 1.807) is 0 Å². The Morgan fingerprint density at radius 2 is 1.53 bits per heavy atom. The Morgan fingerprint density at radius 3 is 2.19 bits per heavy atom. The summed E-state index contributed by atoms with van der Waals surface area (Å²) < 4.78 is 29.5. The first-order valence-corrected chi connectivity index (χ1v) is 11.8. The van der Waals surface area contributed by atoms with Crippen molar-refractivity contribution in [2.75, 3.05) is 25.3 Å². The molecule has 0 atom stereocenters. The van der Waals surface area contributed by atoms with E-state index in [2.05, 4.69) is 103 Å². The minimum atomic E-state index is -3.92. The van der Waals surface area contributed by atoms with Crippen LogP contribution < -0.4 is 9.30 Å². The number of nitrogens with zero attached hydrogens (tertiary/aromatic N) is 2. The average Bonchev–Trinajstić information content (AvgIpc) is 3.09. The van der Waals surface area contributed by atoms with Gasteiger partial charge >= 0.3 is 0 Å². The lowest BCUT2D eigenvalue weighted by Gasteiger charge is -2.14. The third-order valence-corrected chi connectivity index (χ3v) is 5.34. The topological polar surface area (TPSA) is 96.0 Å². The fourth-order valence-electron chi connectivity index (χ4n) is 4.08. The normalized spacial score (nSPS) is 11.6. The van der Waals surface area contributed by atoms with Crippen molar-refractivity contribution in [2.45, 2.75) is 6.42 Å². The number of fused-ring (bicyclic) bond motifs is 4. The van der Waals surface area contributed by atoms with Crippen molar-refractivity contribution in [2.24, 2.45) is 0 Å². The minimum Gasteiger partial charge on any atom is -0.748 e. The van der Waals surface area contributed by atoms with Crippen LogP contribution in [0.4, 0.5) is 5.69 Å². The van der Waals surface area contributed by atoms with Gasteiger partial charge in [-0.05, 0) is 16.7 Å². The van der Waals surface area contributed by atoms with E-state index in [0.29, 0.717) is 6.26 Å². The van der Waals surface area contributed by atoms with E-state index in [1.807, 2.05) is 0 Å². The van der Waals surface area contributed by atoms with E-state index in [0.717, 1.165) is 6.42 Å². The van der Waals surface area contributed by atoms with E-state index < -0.39 is 10.1 Å². The molecule has 4 aromatic rings. The van der Waals surface area contributed by atoms with Crippen LogP contribution in [0.3, 0.4) is 0 Å². The lowest BCUT2D eigenvalue weighted by molar-refractivity contribution is -0.511. The third-order valence-electron chi connectivity index (χ3n) is 5.34. The number of anilines is 1. The maximum Gasteiger partial charge on any atom is 0.221 e. The van der Waals surface area contributed by atoms with Gasteiger partial charge in [-0.15, -0.1) is 0 Å². The molecule has 5 rings (SSSR count). The second-order valence-corrected chi connectivity index (χ2v) is 9.29. The highest BCUT2D eigenvalue weighted by molar-refractivity contribution is 7.84. The number of pyridine rings is 2. The van der Waals surface area contributed by atoms with Crippen molar-refractivity contribution in [3.05, 3.63) is 90.3 Å². The van der Waals surface area contributed by atoms with Crippen LogP contribution in [0, 0.1) is 0 Å². The molecule has 2 heterocycles. The number of benzene rings is 2. The lowest BCUT2D eigenvalue weighted by atomic mass is 9.94. The van der Waals surface area contributed by atoms with E-state index in [9.17, 15) is 0 Å². The molecule has 0 saturated carbocycles. The van der Waals surface area contributed by atoms with Gasteiger partial charge in [-0.25, -0.2) is 8.42 Å². The highest BCUT2D eigenvalue weighted by Gasteiger charge is 2.28. The van der Waals surface area contributed by atoms with Crippen LogP contribution in [0.5, 0.6) is 0 Å². The van der Waals surface area contributed by atoms with Gasteiger partial charge in [-0.1, -0.05) is 54.6 Å². The second-order valence-electron chi connectivity index (χ2n) is 7.88. The number of rotatable bonds is 2. The molecule has 0 radical (unpaired) electrons. The molecule has 0 amide bonds. The fraction of sp³-hybridized carbons (Fsp3) is 0.160. The quantitative estimate of drug-likeness (QED) is 0.305. The molecule has 0 unspecified atom stereocenters. The van der Waals surface area contributed by atoms with Gasteiger partial charge in [0.05, 0.1) is 15.7 Å². The fourth-order valence-corrected chi connectivity index (χ4v) is 4.08. The smallest absolute Gasteiger partial charge is 0.221 e. The van der Waals surface area contributed by atoms with Crippen LogP contribution >= 0.6 is 0 Å². The van der Waals surface area contributed by atoms with Crippen molar-refractivity contribution in [1.29, 1.82) is 0 Å².